The van der Waals surface area contributed by atoms with Crippen LogP contribution < -0.4 is 9.80 Å². The van der Waals surface area contributed by atoms with Crippen molar-refractivity contribution in [2.75, 3.05) is 50.1 Å². The Morgan fingerprint density at radius 1 is 1.07 bits per heavy atom. The summed E-state index contributed by atoms with van der Waals surface area (Å²) in [5.74, 6) is 1.57. The van der Waals surface area contributed by atoms with Crippen molar-refractivity contribution in [2.45, 2.75) is 6.92 Å². The van der Waals surface area contributed by atoms with E-state index in [1.54, 1.807) is 6.33 Å². The second-order valence-electron chi connectivity index (χ2n) is 6.98. The molecule has 0 unspecified atom stereocenters. The highest BCUT2D eigenvalue weighted by atomic mass is 16.2. The van der Waals surface area contributed by atoms with Gasteiger partial charge in [0.15, 0.2) is 0 Å². The summed E-state index contributed by atoms with van der Waals surface area (Å²) in [4.78, 5) is 23.5. The van der Waals surface area contributed by atoms with Crippen LogP contribution in [0.2, 0.25) is 0 Å². The summed E-state index contributed by atoms with van der Waals surface area (Å²) < 4.78 is 1.86. The van der Waals surface area contributed by atoms with Crippen LogP contribution in [0, 0.1) is 6.92 Å². The van der Waals surface area contributed by atoms with Gasteiger partial charge < -0.3 is 14.7 Å². The van der Waals surface area contributed by atoms with Gasteiger partial charge in [0.2, 0.25) is 0 Å². The van der Waals surface area contributed by atoms with Gasteiger partial charge in [-0.3, -0.25) is 9.20 Å². The molecule has 140 valence electrons. The minimum Gasteiger partial charge on any atom is -0.378 e. The van der Waals surface area contributed by atoms with E-state index in [0.29, 0.717) is 18.9 Å². The monoisotopic (exact) mass is 365 g/mol. The second kappa shape index (κ2) is 6.86. The maximum atomic E-state index is 12.8. The van der Waals surface area contributed by atoms with E-state index in [1.807, 2.05) is 65.6 Å². The minimum absolute atomic E-state index is 0.0806. The van der Waals surface area contributed by atoms with E-state index in [1.165, 1.54) is 0 Å². The third-order valence-electron chi connectivity index (χ3n) is 4.98. The number of benzene rings is 1. The maximum Gasteiger partial charge on any atom is 0.256 e. The lowest BCUT2D eigenvalue weighted by atomic mass is 10.1. The van der Waals surface area contributed by atoms with Crippen LogP contribution in [0.4, 0.5) is 11.5 Å². The molecule has 1 aliphatic heterocycles. The van der Waals surface area contributed by atoms with Gasteiger partial charge in [-0.2, -0.15) is 4.98 Å². The second-order valence-corrected chi connectivity index (χ2v) is 6.98. The third-order valence-corrected chi connectivity index (χ3v) is 4.98. The standard InChI is InChI=1S/C19H23N7O/c1-14-12-17(21-19-22-20-13-26(14)19)24-8-10-25(11-9-24)18(27)15-4-6-16(7-5-15)23(2)3/h4-7,12-13H,8-11H2,1-3H3. The zero-order valence-electron chi connectivity index (χ0n) is 15.8. The van der Waals surface area contributed by atoms with Crippen LogP contribution in [-0.4, -0.2) is 70.7 Å². The molecule has 0 radical (unpaired) electrons. The molecular formula is C19H23N7O. The van der Waals surface area contributed by atoms with Crippen molar-refractivity contribution in [2.24, 2.45) is 0 Å². The van der Waals surface area contributed by atoms with Crippen LogP contribution in [0.25, 0.3) is 5.78 Å². The summed E-state index contributed by atoms with van der Waals surface area (Å²) in [6.45, 7) is 4.86. The highest BCUT2D eigenvalue weighted by Gasteiger charge is 2.23. The van der Waals surface area contributed by atoms with Crippen molar-refractivity contribution < 1.29 is 4.79 Å². The Labute approximate surface area is 158 Å². The Balaban J connectivity index is 1.44. The molecular weight excluding hydrogens is 342 g/mol. The predicted octanol–water partition coefficient (Wildman–Crippen LogP) is 1.46. The van der Waals surface area contributed by atoms with E-state index in [9.17, 15) is 4.79 Å². The largest absolute Gasteiger partial charge is 0.378 e. The average molecular weight is 365 g/mol. The van der Waals surface area contributed by atoms with Crippen LogP contribution in [0.1, 0.15) is 16.1 Å². The molecule has 4 rings (SSSR count). The summed E-state index contributed by atoms with van der Waals surface area (Å²) in [5.41, 5.74) is 2.86. The lowest BCUT2D eigenvalue weighted by Gasteiger charge is -2.35. The molecule has 8 nitrogen and oxygen atoms in total. The van der Waals surface area contributed by atoms with E-state index < -0.39 is 0 Å². The van der Waals surface area contributed by atoms with Gasteiger partial charge >= 0.3 is 0 Å². The number of amides is 1. The van der Waals surface area contributed by atoms with E-state index in [-0.39, 0.29) is 5.91 Å². The van der Waals surface area contributed by atoms with Gasteiger partial charge in [0.1, 0.15) is 12.1 Å². The number of nitrogens with zero attached hydrogens (tertiary/aromatic N) is 7. The molecule has 1 saturated heterocycles. The van der Waals surface area contributed by atoms with Gasteiger partial charge in [-0.25, -0.2) is 0 Å². The van der Waals surface area contributed by atoms with Crippen LogP contribution in [0.15, 0.2) is 36.7 Å². The average Bonchev–Trinajstić information content (AvgIpc) is 3.17. The summed E-state index contributed by atoms with van der Waals surface area (Å²) in [6.07, 6.45) is 1.67. The van der Waals surface area contributed by atoms with E-state index in [4.69, 9.17) is 0 Å². The minimum atomic E-state index is 0.0806. The van der Waals surface area contributed by atoms with Crippen molar-refractivity contribution in [3.8, 4) is 0 Å². The molecule has 3 heterocycles. The first-order valence-electron chi connectivity index (χ1n) is 9.02. The summed E-state index contributed by atoms with van der Waals surface area (Å²) in [6, 6.07) is 9.78. The number of carbonyl (C=O) groups excluding carboxylic acids is 1. The normalized spacial score (nSPS) is 14.6. The number of hydrogen-bond donors (Lipinski definition) is 0. The highest BCUT2D eigenvalue weighted by molar-refractivity contribution is 5.94. The molecule has 2 aromatic heterocycles. The molecule has 1 aliphatic rings. The number of rotatable bonds is 3. The van der Waals surface area contributed by atoms with Gasteiger partial charge in [0, 0.05) is 63.3 Å². The summed E-state index contributed by atoms with van der Waals surface area (Å²) in [5, 5.41) is 7.95. The molecule has 8 heteroatoms. The lowest BCUT2D eigenvalue weighted by Crippen LogP contribution is -2.49. The first kappa shape index (κ1) is 17.3. The Bertz CT molecular complexity index is 956. The molecule has 0 N–H and O–H groups in total. The first-order valence-corrected chi connectivity index (χ1v) is 9.02. The SMILES string of the molecule is Cc1cc(N2CCN(C(=O)c3ccc(N(C)C)cc3)CC2)nc2nncn12. The topological polar surface area (TPSA) is 69.9 Å². The Morgan fingerprint density at radius 3 is 2.44 bits per heavy atom. The fourth-order valence-electron chi connectivity index (χ4n) is 3.33. The smallest absolute Gasteiger partial charge is 0.256 e. The van der Waals surface area contributed by atoms with E-state index in [0.717, 1.165) is 35.9 Å². The van der Waals surface area contributed by atoms with Crippen molar-refractivity contribution in [1.29, 1.82) is 0 Å². The Morgan fingerprint density at radius 2 is 1.78 bits per heavy atom. The quantitative estimate of drug-likeness (QED) is 0.700. The lowest BCUT2D eigenvalue weighted by molar-refractivity contribution is 0.0746. The number of aryl methyl sites for hydroxylation is 1. The molecule has 1 amide bonds. The van der Waals surface area contributed by atoms with Gasteiger partial charge in [0.05, 0.1) is 0 Å². The number of anilines is 2. The number of carbonyl (C=O) groups is 1. The highest BCUT2D eigenvalue weighted by Crippen LogP contribution is 2.19. The zero-order chi connectivity index (χ0) is 19.0. The zero-order valence-corrected chi connectivity index (χ0v) is 15.8. The van der Waals surface area contributed by atoms with Crippen molar-refractivity contribution in [1.82, 2.24) is 24.5 Å². The summed E-state index contributed by atoms with van der Waals surface area (Å²) >= 11 is 0. The van der Waals surface area contributed by atoms with Gasteiger partial charge in [-0.1, -0.05) is 0 Å². The van der Waals surface area contributed by atoms with E-state index >= 15 is 0 Å². The number of aromatic nitrogens is 4. The van der Waals surface area contributed by atoms with Crippen molar-refractivity contribution in [3.63, 3.8) is 0 Å². The van der Waals surface area contributed by atoms with Gasteiger partial charge in [-0.05, 0) is 31.2 Å². The Kier molecular flexibility index (Phi) is 4.39. The molecule has 0 aliphatic carbocycles. The Hall–Kier alpha value is -3.16. The van der Waals surface area contributed by atoms with Crippen molar-refractivity contribution in [3.05, 3.63) is 47.9 Å². The number of piperazine rings is 1. The molecule has 0 saturated carbocycles. The third kappa shape index (κ3) is 3.30. The van der Waals surface area contributed by atoms with Crippen LogP contribution >= 0.6 is 0 Å². The molecule has 0 spiro atoms. The maximum absolute atomic E-state index is 12.8. The van der Waals surface area contributed by atoms with E-state index in [2.05, 4.69) is 20.1 Å². The molecule has 3 aromatic rings. The van der Waals surface area contributed by atoms with Crippen LogP contribution in [0.5, 0.6) is 0 Å². The molecule has 1 aromatic carbocycles. The van der Waals surface area contributed by atoms with Crippen molar-refractivity contribution >= 4 is 23.2 Å². The number of fused-ring (bicyclic) bond motifs is 1. The fourth-order valence-corrected chi connectivity index (χ4v) is 3.33. The molecule has 1 fully saturated rings. The van der Waals surface area contributed by atoms with Crippen LogP contribution in [0.3, 0.4) is 0 Å². The molecule has 0 atom stereocenters. The summed E-state index contributed by atoms with van der Waals surface area (Å²) in [7, 11) is 3.98. The predicted molar refractivity (Wildman–Crippen MR) is 104 cm³/mol. The fraction of sp³-hybridized carbons (Fsp3) is 0.368. The van der Waals surface area contributed by atoms with Gasteiger partial charge in [-0.15, -0.1) is 10.2 Å². The first-order chi connectivity index (χ1) is 13.0. The molecule has 27 heavy (non-hydrogen) atoms. The number of hydrogen-bond acceptors (Lipinski definition) is 6. The van der Waals surface area contributed by atoms with Crippen LogP contribution in [-0.2, 0) is 0 Å². The molecule has 0 bridgehead atoms. The van der Waals surface area contributed by atoms with Gasteiger partial charge in [0.25, 0.3) is 11.7 Å².